The van der Waals surface area contributed by atoms with Gasteiger partial charge in [-0.2, -0.15) is 0 Å². The Balaban J connectivity index is 1.48. The zero-order valence-corrected chi connectivity index (χ0v) is 22.0. The van der Waals surface area contributed by atoms with Crippen LogP contribution in [0.15, 0.2) is 72.8 Å². The van der Waals surface area contributed by atoms with Gasteiger partial charge >= 0.3 is 5.97 Å². The Morgan fingerprint density at radius 3 is 1.89 bits per heavy atom. The molecule has 0 fully saturated rings. The van der Waals surface area contributed by atoms with Crippen LogP contribution < -0.4 is 9.47 Å². The summed E-state index contributed by atoms with van der Waals surface area (Å²) in [5.41, 5.74) is 3.84. The van der Waals surface area contributed by atoms with Crippen molar-refractivity contribution in [2.75, 3.05) is 13.2 Å². The van der Waals surface area contributed by atoms with E-state index < -0.39 is 0 Å². The van der Waals surface area contributed by atoms with Crippen LogP contribution in [0.4, 0.5) is 0 Å². The number of rotatable bonds is 15. The third kappa shape index (κ3) is 8.83. The third-order valence-corrected chi connectivity index (χ3v) is 6.21. The minimum absolute atomic E-state index is 0.0825. The van der Waals surface area contributed by atoms with E-state index in [2.05, 4.69) is 45.0 Å². The number of ether oxygens (including phenoxy) is 3. The summed E-state index contributed by atoms with van der Waals surface area (Å²) in [7, 11) is 0. The van der Waals surface area contributed by atoms with Gasteiger partial charge in [0.25, 0.3) is 0 Å². The second kappa shape index (κ2) is 15.1. The summed E-state index contributed by atoms with van der Waals surface area (Å²) < 4.78 is 17.1. The zero-order valence-electron chi connectivity index (χ0n) is 22.0. The van der Waals surface area contributed by atoms with Crippen LogP contribution in [-0.2, 0) is 4.74 Å². The molecule has 0 heterocycles. The number of benzene rings is 3. The lowest BCUT2D eigenvalue weighted by molar-refractivity contribution is 0.0627. The second-order valence-electron chi connectivity index (χ2n) is 9.19. The molecule has 1 atom stereocenters. The Morgan fingerprint density at radius 2 is 1.25 bits per heavy atom. The number of hydrogen-bond acceptors (Lipinski definition) is 4. The van der Waals surface area contributed by atoms with Gasteiger partial charge in [-0.15, -0.1) is 0 Å². The van der Waals surface area contributed by atoms with E-state index >= 15 is 0 Å². The topological polar surface area (TPSA) is 44.8 Å². The van der Waals surface area contributed by atoms with Crippen LogP contribution in [0.3, 0.4) is 0 Å². The number of carbonyl (C=O) groups excluding carboxylic acids is 1. The highest BCUT2D eigenvalue weighted by atomic mass is 16.5. The lowest BCUT2D eigenvalue weighted by Gasteiger charge is -2.14. The minimum atomic E-state index is -0.379. The largest absolute Gasteiger partial charge is 0.494 e. The fourth-order valence-corrected chi connectivity index (χ4v) is 3.97. The van der Waals surface area contributed by atoms with Crippen molar-refractivity contribution >= 4 is 5.97 Å². The Hall–Kier alpha value is -3.11. The van der Waals surface area contributed by atoms with Crippen molar-refractivity contribution in [3.63, 3.8) is 0 Å². The van der Waals surface area contributed by atoms with E-state index in [-0.39, 0.29) is 12.1 Å². The second-order valence-corrected chi connectivity index (χ2v) is 9.19. The van der Waals surface area contributed by atoms with Crippen molar-refractivity contribution < 1.29 is 19.0 Å². The highest BCUT2D eigenvalue weighted by molar-refractivity contribution is 5.91. The maximum atomic E-state index is 12.5. The van der Waals surface area contributed by atoms with Crippen molar-refractivity contribution in [3.05, 3.63) is 83.9 Å². The normalized spacial score (nSPS) is 11.8. The smallest absolute Gasteiger partial charge is 0.343 e. The molecule has 0 bridgehead atoms. The Bertz CT molecular complexity index is 1020. The number of carbonyl (C=O) groups is 1. The summed E-state index contributed by atoms with van der Waals surface area (Å²) >= 11 is 0. The fraction of sp³-hybridized carbons (Fsp3) is 0.406. The molecule has 0 aromatic heterocycles. The molecule has 0 aliphatic heterocycles. The molecule has 0 radical (unpaired) electrons. The van der Waals surface area contributed by atoms with Gasteiger partial charge < -0.3 is 14.2 Å². The van der Waals surface area contributed by atoms with E-state index in [1.807, 2.05) is 24.3 Å². The molecule has 0 aliphatic carbocycles. The number of hydrogen-bond donors (Lipinski definition) is 0. The maximum absolute atomic E-state index is 12.5. The Morgan fingerprint density at radius 1 is 0.667 bits per heavy atom. The third-order valence-electron chi connectivity index (χ3n) is 6.21. The molecule has 0 N–H and O–H groups in total. The molecular weight excluding hydrogens is 448 g/mol. The van der Waals surface area contributed by atoms with Gasteiger partial charge in [-0.1, -0.05) is 82.3 Å². The van der Waals surface area contributed by atoms with E-state index in [1.54, 1.807) is 24.3 Å². The van der Waals surface area contributed by atoms with Crippen LogP contribution in [0.1, 0.15) is 87.7 Å². The van der Waals surface area contributed by atoms with E-state index in [4.69, 9.17) is 14.2 Å². The highest BCUT2D eigenvalue weighted by Crippen LogP contribution is 2.25. The average Bonchev–Trinajstić information content (AvgIpc) is 2.92. The molecule has 0 saturated heterocycles. The summed E-state index contributed by atoms with van der Waals surface area (Å²) in [6, 6.07) is 23.1. The van der Waals surface area contributed by atoms with Gasteiger partial charge in [0.05, 0.1) is 18.3 Å². The van der Waals surface area contributed by atoms with Crippen molar-refractivity contribution in [1.82, 2.24) is 0 Å². The van der Waals surface area contributed by atoms with Gasteiger partial charge in [0.15, 0.2) is 0 Å². The van der Waals surface area contributed by atoms with E-state index in [0.717, 1.165) is 36.3 Å². The molecule has 3 rings (SSSR count). The molecule has 0 spiro atoms. The van der Waals surface area contributed by atoms with Crippen LogP contribution in [0.2, 0.25) is 0 Å². The zero-order chi connectivity index (χ0) is 25.6. The molecule has 0 amide bonds. The summed E-state index contributed by atoms with van der Waals surface area (Å²) in [5.74, 6) is 0.887. The highest BCUT2D eigenvalue weighted by Gasteiger charge is 2.10. The molecule has 0 saturated carbocycles. The molecule has 192 valence electrons. The van der Waals surface area contributed by atoms with E-state index in [9.17, 15) is 4.79 Å². The first-order chi connectivity index (χ1) is 17.6. The Kier molecular flexibility index (Phi) is 11.5. The molecule has 1 unspecified atom stereocenters. The number of esters is 1. The maximum Gasteiger partial charge on any atom is 0.343 e. The molecule has 4 heteroatoms. The van der Waals surface area contributed by atoms with Gasteiger partial charge in [0.2, 0.25) is 0 Å². The predicted octanol–water partition coefficient (Wildman–Crippen LogP) is 8.80. The predicted molar refractivity (Wildman–Crippen MR) is 147 cm³/mol. The van der Waals surface area contributed by atoms with Gasteiger partial charge in [-0.3, -0.25) is 0 Å². The number of unbranched alkanes of at least 4 members (excludes halogenated alkanes) is 5. The van der Waals surface area contributed by atoms with E-state index in [1.165, 1.54) is 37.7 Å². The molecule has 3 aromatic carbocycles. The quantitative estimate of drug-likeness (QED) is 0.122. The van der Waals surface area contributed by atoms with Crippen LogP contribution in [0.5, 0.6) is 11.5 Å². The molecule has 0 aliphatic rings. The summed E-state index contributed by atoms with van der Waals surface area (Å²) in [6.07, 6.45) is 8.65. The lowest BCUT2D eigenvalue weighted by atomic mass is 10.0. The van der Waals surface area contributed by atoms with Crippen LogP contribution >= 0.6 is 0 Å². The first-order valence-corrected chi connectivity index (χ1v) is 13.4. The van der Waals surface area contributed by atoms with Crippen LogP contribution in [-0.4, -0.2) is 19.2 Å². The lowest BCUT2D eigenvalue weighted by Crippen LogP contribution is -2.08. The first-order valence-electron chi connectivity index (χ1n) is 13.4. The van der Waals surface area contributed by atoms with Crippen LogP contribution in [0.25, 0.3) is 11.1 Å². The van der Waals surface area contributed by atoms with Crippen molar-refractivity contribution in [3.8, 4) is 22.6 Å². The van der Waals surface area contributed by atoms with E-state index in [0.29, 0.717) is 17.9 Å². The fourth-order valence-electron chi connectivity index (χ4n) is 3.97. The summed E-state index contributed by atoms with van der Waals surface area (Å²) in [4.78, 5) is 12.5. The molecular formula is C32H40O4. The van der Waals surface area contributed by atoms with Gasteiger partial charge in [-0.05, 0) is 72.9 Å². The van der Waals surface area contributed by atoms with Crippen molar-refractivity contribution in [1.29, 1.82) is 0 Å². The standard InChI is InChI=1S/C32H40O4/c1-4-6-7-8-9-10-24-34-25(3)26-11-13-27(14-12-26)28-15-17-29(18-16-28)32(33)36-31-21-19-30(20-22-31)35-23-5-2/h11-22,25H,4-10,23-24H2,1-3H3. The monoisotopic (exact) mass is 488 g/mol. The minimum Gasteiger partial charge on any atom is -0.494 e. The molecule has 4 nitrogen and oxygen atoms in total. The molecule has 3 aromatic rings. The summed E-state index contributed by atoms with van der Waals surface area (Å²) in [6.45, 7) is 7.89. The first kappa shape index (κ1) is 27.5. The van der Waals surface area contributed by atoms with Crippen LogP contribution in [0, 0.1) is 0 Å². The van der Waals surface area contributed by atoms with Gasteiger partial charge in [0.1, 0.15) is 11.5 Å². The SMILES string of the molecule is CCCCCCCCOC(C)c1ccc(-c2ccc(C(=O)Oc3ccc(OCCC)cc3)cc2)cc1. The summed E-state index contributed by atoms with van der Waals surface area (Å²) in [5, 5.41) is 0. The Labute approximate surface area is 216 Å². The molecule has 36 heavy (non-hydrogen) atoms. The average molecular weight is 489 g/mol. The van der Waals surface area contributed by atoms with Crippen molar-refractivity contribution in [2.45, 2.75) is 71.8 Å². The van der Waals surface area contributed by atoms with Crippen molar-refractivity contribution in [2.24, 2.45) is 0 Å². The van der Waals surface area contributed by atoms with Gasteiger partial charge in [0, 0.05) is 6.61 Å². The van der Waals surface area contributed by atoms with Gasteiger partial charge in [-0.25, -0.2) is 4.79 Å².